The Kier molecular flexibility index (Phi) is 3.61. The van der Waals surface area contributed by atoms with Crippen LogP contribution in [0.1, 0.15) is 46.0 Å². The highest BCUT2D eigenvalue weighted by molar-refractivity contribution is 5.94. The third-order valence-corrected chi connectivity index (χ3v) is 4.40. The zero-order chi connectivity index (χ0) is 14.2. The van der Waals surface area contributed by atoms with Gasteiger partial charge in [-0.3, -0.25) is 4.79 Å². The van der Waals surface area contributed by atoms with Gasteiger partial charge in [0.15, 0.2) is 0 Å². The average Bonchev–Trinajstić information content (AvgIpc) is 2.56. The Hall–Kier alpha value is -1.45. The van der Waals surface area contributed by atoms with Gasteiger partial charge in [-0.25, -0.2) is 4.79 Å². The Morgan fingerprint density at radius 1 is 1.47 bits per heavy atom. The van der Waals surface area contributed by atoms with E-state index in [0.29, 0.717) is 37.7 Å². The fourth-order valence-electron chi connectivity index (χ4n) is 3.08. The number of Topliss-reactive ketones (excluding diaryl/α,β-unsaturated/α-hetero) is 2. The van der Waals surface area contributed by atoms with Crippen molar-refractivity contribution in [3.8, 4) is 0 Å². The summed E-state index contributed by atoms with van der Waals surface area (Å²) in [4.78, 5) is 34.8. The first-order valence-corrected chi connectivity index (χ1v) is 6.76. The molecule has 0 unspecified atom stereocenters. The molecule has 0 bridgehead atoms. The van der Waals surface area contributed by atoms with Gasteiger partial charge in [-0.2, -0.15) is 0 Å². The molecule has 0 N–H and O–H groups in total. The fourth-order valence-corrected chi connectivity index (χ4v) is 3.08. The van der Waals surface area contributed by atoms with Crippen LogP contribution in [0.25, 0.3) is 0 Å². The van der Waals surface area contributed by atoms with Crippen LogP contribution in [0.15, 0.2) is 12.2 Å². The number of carbonyl (C=O) groups excluding carboxylic acids is 3. The lowest BCUT2D eigenvalue weighted by Crippen LogP contribution is -2.41. The molecule has 2 aliphatic rings. The summed E-state index contributed by atoms with van der Waals surface area (Å²) in [5, 5.41) is 0. The maximum absolute atomic E-state index is 12.3. The Morgan fingerprint density at radius 2 is 2.16 bits per heavy atom. The third kappa shape index (κ3) is 2.62. The highest BCUT2D eigenvalue weighted by Gasteiger charge is 2.50. The van der Waals surface area contributed by atoms with Crippen molar-refractivity contribution in [3.05, 3.63) is 12.2 Å². The van der Waals surface area contributed by atoms with Crippen LogP contribution in [0, 0.1) is 11.3 Å². The summed E-state index contributed by atoms with van der Waals surface area (Å²) in [6.07, 6.45) is 2.58. The standard InChI is InChI=1S/C15H20O4/c1-9(16)5-4-6-15(3)8-12-11(7-13(15)17)10(2)14(18)19-12/h11-12H,2,4-8H2,1,3H3/t11-,12-,15-/m1/s1. The average molecular weight is 264 g/mol. The van der Waals surface area contributed by atoms with Gasteiger partial charge in [-0.05, 0) is 26.2 Å². The van der Waals surface area contributed by atoms with E-state index in [9.17, 15) is 14.4 Å². The summed E-state index contributed by atoms with van der Waals surface area (Å²) >= 11 is 0. The Balaban J connectivity index is 2.04. The van der Waals surface area contributed by atoms with Crippen molar-refractivity contribution < 1.29 is 19.1 Å². The molecular weight excluding hydrogens is 244 g/mol. The summed E-state index contributed by atoms with van der Waals surface area (Å²) in [5.41, 5.74) is -0.0363. The van der Waals surface area contributed by atoms with Crippen LogP contribution < -0.4 is 0 Å². The van der Waals surface area contributed by atoms with Gasteiger partial charge in [0.2, 0.25) is 0 Å². The van der Waals surface area contributed by atoms with Gasteiger partial charge in [-0.15, -0.1) is 0 Å². The van der Waals surface area contributed by atoms with Crippen LogP contribution in [0.3, 0.4) is 0 Å². The van der Waals surface area contributed by atoms with Gasteiger partial charge >= 0.3 is 5.97 Å². The van der Waals surface area contributed by atoms with Gasteiger partial charge in [0, 0.05) is 29.7 Å². The molecule has 0 spiro atoms. The Labute approximate surface area is 113 Å². The lowest BCUT2D eigenvalue weighted by molar-refractivity contribution is -0.146. The van der Waals surface area contributed by atoms with E-state index in [1.165, 1.54) is 0 Å². The molecular formula is C15H20O4. The summed E-state index contributed by atoms with van der Waals surface area (Å²) in [7, 11) is 0. The summed E-state index contributed by atoms with van der Waals surface area (Å²) in [5.74, 6) is -0.196. The van der Waals surface area contributed by atoms with Crippen LogP contribution in [0.4, 0.5) is 0 Å². The molecule has 4 heteroatoms. The number of hydrogen-bond donors (Lipinski definition) is 0. The van der Waals surface area contributed by atoms with Gasteiger partial charge in [0.25, 0.3) is 0 Å². The lowest BCUT2D eigenvalue weighted by atomic mass is 9.66. The van der Waals surface area contributed by atoms with Crippen molar-refractivity contribution in [1.82, 2.24) is 0 Å². The Bertz CT molecular complexity index is 451. The van der Waals surface area contributed by atoms with Crippen molar-refractivity contribution in [2.24, 2.45) is 11.3 Å². The number of ether oxygens (including phenoxy) is 1. The first kappa shape index (κ1) is 14.0. The maximum atomic E-state index is 12.3. The van der Waals surface area contributed by atoms with Crippen molar-refractivity contribution in [3.63, 3.8) is 0 Å². The maximum Gasteiger partial charge on any atom is 0.334 e. The van der Waals surface area contributed by atoms with E-state index in [0.717, 1.165) is 0 Å². The highest BCUT2D eigenvalue weighted by atomic mass is 16.6. The van der Waals surface area contributed by atoms with E-state index in [1.807, 2.05) is 6.92 Å². The first-order chi connectivity index (χ1) is 8.83. The molecule has 0 aromatic carbocycles. The van der Waals surface area contributed by atoms with Gasteiger partial charge in [0.1, 0.15) is 17.7 Å². The number of fused-ring (bicyclic) bond motifs is 1. The molecule has 2 rings (SSSR count). The minimum Gasteiger partial charge on any atom is -0.458 e. The summed E-state index contributed by atoms with van der Waals surface area (Å²) in [6.45, 7) is 7.19. The van der Waals surface area contributed by atoms with Crippen molar-refractivity contribution in [1.29, 1.82) is 0 Å². The van der Waals surface area contributed by atoms with E-state index < -0.39 is 5.41 Å². The van der Waals surface area contributed by atoms with Crippen molar-refractivity contribution in [2.75, 3.05) is 0 Å². The van der Waals surface area contributed by atoms with Crippen LogP contribution in [0.2, 0.25) is 0 Å². The molecule has 0 aromatic rings. The molecule has 104 valence electrons. The lowest BCUT2D eigenvalue weighted by Gasteiger charge is -2.37. The molecule has 0 radical (unpaired) electrons. The number of rotatable bonds is 4. The van der Waals surface area contributed by atoms with Gasteiger partial charge < -0.3 is 9.53 Å². The molecule has 1 aliphatic carbocycles. The second-order valence-corrected chi connectivity index (χ2v) is 6.02. The van der Waals surface area contributed by atoms with Crippen LogP contribution in [0.5, 0.6) is 0 Å². The molecule has 3 atom stereocenters. The molecule has 19 heavy (non-hydrogen) atoms. The SMILES string of the molecule is C=C1C(=O)O[C@@H]2C[C@@](C)(CCCC(C)=O)C(=O)C[C@H]12. The van der Waals surface area contributed by atoms with E-state index in [4.69, 9.17) is 4.74 Å². The molecule has 1 saturated heterocycles. The van der Waals surface area contributed by atoms with E-state index in [1.54, 1.807) is 6.92 Å². The topological polar surface area (TPSA) is 60.4 Å². The Morgan fingerprint density at radius 3 is 2.79 bits per heavy atom. The van der Waals surface area contributed by atoms with E-state index in [2.05, 4.69) is 6.58 Å². The molecule has 1 aliphatic heterocycles. The van der Waals surface area contributed by atoms with E-state index >= 15 is 0 Å². The zero-order valence-electron chi connectivity index (χ0n) is 11.5. The van der Waals surface area contributed by atoms with Crippen LogP contribution >= 0.6 is 0 Å². The zero-order valence-corrected chi connectivity index (χ0v) is 11.5. The monoisotopic (exact) mass is 264 g/mol. The third-order valence-electron chi connectivity index (χ3n) is 4.40. The fraction of sp³-hybridized carbons (Fsp3) is 0.667. The second-order valence-electron chi connectivity index (χ2n) is 6.02. The molecule has 0 aromatic heterocycles. The smallest absolute Gasteiger partial charge is 0.334 e. The molecule has 0 amide bonds. The predicted molar refractivity (Wildman–Crippen MR) is 69.4 cm³/mol. The first-order valence-electron chi connectivity index (χ1n) is 6.76. The quantitative estimate of drug-likeness (QED) is 0.577. The predicted octanol–water partition coefficient (Wildman–Crippen LogP) is 2.21. The molecule has 2 fully saturated rings. The molecule has 1 heterocycles. The van der Waals surface area contributed by atoms with Crippen LogP contribution in [-0.4, -0.2) is 23.6 Å². The van der Waals surface area contributed by atoms with Gasteiger partial charge in [0.05, 0.1) is 0 Å². The largest absolute Gasteiger partial charge is 0.458 e. The van der Waals surface area contributed by atoms with Crippen molar-refractivity contribution in [2.45, 2.75) is 52.1 Å². The second kappa shape index (κ2) is 4.91. The number of hydrogen-bond acceptors (Lipinski definition) is 4. The molecule has 4 nitrogen and oxygen atoms in total. The molecule has 1 saturated carbocycles. The highest BCUT2D eigenvalue weighted by Crippen LogP contribution is 2.46. The van der Waals surface area contributed by atoms with E-state index in [-0.39, 0.29) is 29.6 Å². The number of esters is 1. The number of ketones is 2. The van der Waals surface area contributed by atoms with Crippen LogP contribution in [-0.2, 0) is 19.1 Å². The minimum atomic E-state index is -0.471. The summed E-state index contributed by atoms with van der Waals surface area (Å²) < 4.78 is 5.29. The number of carbonyl (C=O) groups is 3. The minimum absolute atomic E-state index is 0.138. The van der Waals surface area contributed by atoms with Gasteiger partial charge in [-0.1, -0.05) is 13.5 Å². The van der Waals surface area contributed by atoms with Crippen molar-refractivity contribution >= 4 is 17.5 Å². The normalized spacial score (nSPS) is 34.1. The summed E-state index contributed by atoms with van der Waals surface area (Å²) in [6, 6.07) is 0.